The van der Waals surface area contributed by atoms with Gasteiger partial charge in [0.1, 0.15) is 5.82 Å². The third-order valence-corrected chi connectivity index (χ3v) is 4.08. The lowest BCUT2D eigenvalue weighted by Gasteiger charge is -2.36. The molecule has 1 saturated carbocycles. The van der Waals surface area contributed by atoms with Crippen molar-refractivity contribution in [3.8, 4) is 0 Å². The molecule has 1 aliphatic carbocycles. The van der Waals surface area contributed by atoms with Crippen molar-refractivity contribution >= 4 is 5.69 Å². The molecule has 94 valence electrons. The van der Waals surface area contributed by atoms with Gasteiger partial charge in [-0.2, -0.15) is 0 Å². The molecule has 1 aromatic rings. The Balaban J connectivity index is 2.19. The summed E-state index contributed by atoms with van der Waals surface area (Å²) in [5.74, 6) is 1.12. The van der Waals surface area contributed by atoms with E-state index in [1.807, 2.05) is 13.0 Å². The van der Waals surface area contributed by atoms with Crippen LogP contribution < -0.4 is 5.32 Å². The topological polar surface area (TPSA) is 12.0 Å². The smallest absolute Gasteiger partial charge is 0.146 e. The van der Waals surface area contributed by atoms with Crippen LogP contribution in [0.1, 0.15) is 38.7 Å². The highest BCUT2D eigenvalue weighted by atomic mass is 19.1. The van der Waals surface area contributed by atoms with Crippen molar-refractivity contribution in [1.82, 2.24) is 0 Å². The monoisotopic (exact) mass is 235 g/mol. The van der Waals surface area contributed by atoms with Crippen LogP contribution in [0.25, 0.3) is 0 Å². The van der Waals surface area contributed by atoms with Crippen LogP contribution in [-0.4, -0.2) is 6.04 Å². The fourth-order valence-corrected chi connectivity index (χ4v) is 2.95. The van der Waals surface area contributed by atoms with Gasteiger partial charge in [-0.1, -0.05) is 32.4 Å². The number of rotatable bonds is 2. The fraction of sp³-hybridized carbons (Fsp3) is 0.600. The second kappa shape index (κ2) is 5.07. The van der Waals surface area contributed by atoms with Crippen molar-refractivity contribution in [1.29, 1.82) is 0 Å². The average Bonchev–Trinajstić information content (AvgIpc) is 2.27. The van der Waals surface area contributed by atoms with Crippen molar-refractivity contribution in [2.45, 2.75) is 46.1 Å². The molecule has 2 atom stereocenters. The van der Waals surface area contributed by atoms with Crippen molar-refractivity contribution in [3.05, 3.63) is 29.6 Å². The molecule has 0 spiro atoms. The number of aryl methyl sites for hydroxylation is 1. The van der Waals surface area contributed by atoms with Crippen molar-refractivity contribution < 1.29 is 4.39 Å². The Morgan fingerprint density at radius 3 is 2.41 bits per heavy atom. The van der Waals surface area contributed by atoms with Gasteiger partial charge in [0.05, 0.1) is 5.69 Å². The van der Waals surface area contributed by atoms with E-state index >= 15 is 0 Å². The second-order valence-electron chi connectivity index (χ2n) is 5.49. The number of para-hydroxylation sites is 1. The maximum absolute atomic E-state index is 13.8. The Hall–Kier alpha value is -1.05. The summed E-state index contributed by atoms with van der Waals surface area (Å²) in [6.07, 6.45) is 3.79. The van der Waals surface area contributed by atoms with Crippen LogP contribution in [0.4, 0.5) is 10.1 Å². The highest BCUT2D eigenvalue weighted by molar-refractivity contribution is 5.52. The van der Waals surface area contributed by atoms with Gasteiger partial charge in [-0.25, -0.2) is 4.39 Å². The molecule has 0 radical (unpaired) electrons. The van der Waals surface area contributed by atoms with Crippen LogP contribution in [0, 0.1) is 24.6 Å². The molecular weight excluding hydrogens is 213 g/mol. The van der Waals surface area contributed by atoms with Gasteiger partial charge >= 0.3 is 0 Å². The molecular formula is C15H22FN. The largest absolute Gasteiger partial charge is 0.379 e. The summed E-state index contributed by atoms with van der Waals surface area (Å²) in [6.45, 7) is 6.50. The van der Waals surface area contributed by atoms with Gasteiger partial charge in [0.15, 0.2) is 0 Å². The molecule has 0 amide bonds. The SMILES string of the molecule is Cc1cccc(F)c1NC1C(C)CCCC1C. The third kappa shape index (κ3) is 2.62. The van der Waals surface area contributed by atoms with E-state index in [4.69, 9.17) is 0 Å². The lowest BCUT2D eigenvalue weighted by atomic mass is 9.78. The first-order chi connectivity index (χ1) is 8.09. The summed E-state index contributed by atoms with van der Waals surface area (Å²) in [5, 5.41) is 3.44. The summed E-state index contributed by atoms with van der Waals surface area (Å²) in [7, 11) is 0. The lowest BCUT2D eigenvalue weighted by Crippen LogP contribution is -2.37. The minimum atomic E-state index is -0.130. The highest BCUT2D eigenvalue weighted by Crippen LogP contribution is 2.32. The third-order valence-electron chi connectivity index (χ3n) is 4.08. The van der Waals surface area contributed by atoms with E-state index in [0.29, 0.717) is 23.6 Å². The van der Waals surface area contributed by atoms with E-state index in [9.17, 15) is 4.39 Å². The maximum atomic E-state index is 13.8. The van der Waals surface area contributed by atoms with Crippen molar-refractivity contribution in [2.24, 2.45) is 11.8 Å². The molecule has 1 N–H and O–H groups in total. The van der Waals surface area contributed by atoms with Gasteiger partial charge in [0.25, 0.3) is 0 Å². The van der Waals surface area contributed by atoms with Gasteiger partial charge in [0.2, 0.25) is 0 Å². The van der Waals surface area contributed by atoms with Gasteiger partial charge in [-0.15, -0.1) is 0 Å². The number of benzene rings is 1. The Bertz CT molecular complexity index is 358. The summed E-state index contributed by atoms with van der Waals surface area (Å²) >= 11 is 0. The maximum Gasteiger partial charge on any atom is 0.146 e. The van der Waals surface area contributed by atoms with E-state index < -0.39 is 0 Å². The van der Waals surface area contributed by atoms with Crippen LogP contribution >= 0.6 is 0 Å². The van der Waals surface area contributed by atoms with Crippen molar-refractivity contribution in [3.63, 3.8) is 0 Å². The van der Waals surface area contributed by atoms with E-state index in [1.165, 1.54) is 25.3 Å². The van der Waals surface area contributed by atoms with Crippen molar-refractivity contribution in [2.75, 3.05) is 5.32 Å². The van der Waals surface area contributed by atoms with Crippen LogP contribution in [0.2, 0.25) is 0 Å². The Morgan fingerprint density at radius 2 is 1.82 bits per heavy atom. The molecule has 1 aliphatic rings. The molecule has 2 rings (SSSR count). The van der Waals surface area contributed by atoms with Gasteiger partial charge in [0, 0.05) is 6.04 Å². The number of anilines is 1. The summed E-state index contributed by atoms with van der Waals surface area (Å²) < 4.78 is 13.8. The normalized spacial score (nSPS) is 29.1. The molecule has 1 fully saturated rings. The van der Waals surface area contributed by atoms with Gasteiger partial charge < -0.3 is 5.32 Å². The van der Waals surface area contributed by atoms with Crippen LogP contribution in [0.3, 0.4) is 0 Å². The first kappa shape index (κ1) is 12.4. The molecule has 2 unspecified atom stereocenters. The summed E-state index contributed by atoms with van der Waals surface area (Å²) in [5.41, 5.74) is 1.69. The minimum Gasteiger partial charge on any atom is -0.379 e. The predicted octanol–water partition coefficient (Wildman–Crippen LogP) is 4.37. The van der Waals surface area contributed by atoms with E-state index in [0.717, 1.165) is 5.56 Å². The van der Waals surface area contributed by atoms with Crippen LogP contribution in [0.5, 0.6) is 0 Å². The zero-order valence-corrected chi connectivity index (χ0v) is 11.0. The molecule has 2 heteroatoms. The molecule has 0 aliphatic heterocycles. The first-order valence-corrected chi connectivity index (χ1v) is 6.61. The van der Waals surface area contributed by atoms with Crippen LogP contribution in [-0.2, 0) is 0 Å². The zero-order chi connectivity index (χ0) is 12.4. The summed E-state index contributed by atoms with van der Waals surface area (Å²) in [4.78, 5) is 0. The van der Waals surface area contributed by atoms with E-state index in [2.05, 4.69) is 19.2 Å². The second-order valence-corrected chi connectivity index (χ2v) is 5.49. The average molecular weight is 235 g/mol. The Labute approximate surface area is 103 Å². The predicted molar refractivity (Wildman–Crippen MR) is 70.7 cm³/mol. The lowest BCUT2D eigenvalue weighted by molar-refractivity contribution is 0.267. The Kier molecular flexibility index (Phi) is 3.70. The fourth-order valence-electron chi connectivity index (χ4n) is 2.95. The minimum absolute atomic E-state index is 0.130. The summed E-state index contributed by atoms with van der Waals surface area (Å²) in [6, 6.07) is 5.67. The number of hydrogen-bond acceptors (Lipinski definition) is 1. The number of hydrogen-bond donors (Lipinski definition) is 1. The molecule has 1 nitrogen and oxygen atoms in total. The highest BCUT2D eigenvalue weighted by Gasteiger charge is 2.28. The molecule has 0 heterocycles. The molecule has 17 heavy (non-hydrogen) atoms. The van der Waals surface area contributed by atoms with Gasteiger partial charge in [-0.05, 0) is 43.2 Å². The molecule has 1 aromatic carbocycles. The van der Waals surface area contributed by atoms with Gasteiger partial charge in [-0.3, -0.25) is 0 Å². The molecule has 0 saturated heterocycles. The van der Waals surface area contributed by atoms with E-state index in [1.54, 1.807) is 6.07 Å². The molecule has 0 bridgehead atoms. The zero-order valence-electron chi connectivity index (χ0n) is 11.0. The number of halogens is 1. The Morgan fingerprint density at radius 1 is 1.18 bits per heavy atom. The number of nitrogens with one attached hydrogen (secondary N) is 1. The van der Waals surface area contributed by atoms with Crippen LogP contribution in [0.15, 0.2) is 18.2 Å². The van der Waals surface area contributed by atoms with E-state index in [-0.39, 0.29) is 5.82 Å². The standard InChI is InChI=1S/C15H22FN/c1-10-6-4-7-11(2)14(10)17-15-12(3)8-5-9-13(15)16/h5,8-11,14,17H,4,6-7H2,1-3H3. The quantitative estimate of drug-likeness (QED) is 0.802. The first-order valence-electron chi connectivity index (χ1n) is 6.61. The molecule has 0 aromatic heterocycles.